The van der Waals surface area contributed by atoms with E-state index in [-0.39, 0.29) is 0 Å². The number of halogens is 3. The van der Waals surface area contributed by atoms with Gasteiger partial charge in [-0.1, -0.05) is 50.7 Å². The van der Waals surface area contributed by atoms with E-state index in [2.05, 4.69) is 34.1 Å². The molecule has 2 nitrogen and oxygen atoms in total. The number of nitrogens with zero attached hydrogens (tertiary/aromatic N) is 2. The number of rotatable bonds is 2. The molecule has 0 saturated heterocycles. The third-order valence-electron chi connectivity index (χ3n) is 5.84. The number of para-hydroxylation sites is 2. The van der Waals surface area contributed by atoms with Gasteiger partial charge < -0.3 is 9.80 Å². The second-order valence-corrected chi connectivity index (χ2v) is 15.2. The first-order valence-corrected chi connectivity index (χ1v) is 16.2. The van der Waals surface area contributed by atoms with Gasteiger partial charge >= 0.3 is 42.1 Å². The van der Waals surface area contributed by atoms with E-state index in [4.69, 9.17) is 29.1 Å². The van der Waals surface area contributed by atoms with Crippen LogP contribution in [0, 0.1) is 0 Å². The van der Waals surface area contributed by atoms with Crippen molar-refractivity contribution in [2.45, 2.75) is 76.3 Å². The van der Waals surface area contributed by atoms with Crippen molar-refractivity contribution in [3.05, 3.63) is 24.3 Å². The van der Waals surface area contributed by atoms with Crippen LogP contribution in [-0.4, -0.2) is 18.8 Å². The zero-order valence-corrected chi connectivity index (χ0v) is 18.6. The second kappa shape index (κ2) is 10.0. The van der Waals surface area contributed by atoms with Crippen LogP contribution in [0.2, 0.25) is 0 Å². The Bertz CT molecular complexity index is 485. The fraction of sp³-hybridized carbons (Fsp3) is 0.684. The molecule has 3 aliphatic rings. The molecule has 2 saturated carbocycles. The van der Waals surface area contributed by atoms with Gasteiger partial charge in [0.1, 0.15) is 0 Å². The minimum Gasteiger partial charge on any atom is -0.349 e. The van der Waals surface area contributed by atoms with Gasteiger partial charge in [-0.15, -0.1) is 0 Å². The molecule has 2 aliphatic carbocycles. The molecule has 0 atom stereocenters. The zero-order valence-electron chi connectivity index (χ0n) is 14.6. The van der Waals surface area contributed by atoms with E-state index in [1.165, 1.54) is 75.6 Å². The Hall–Kier alpha value is 0.313. The molecular weight excluding hydrogens is 464 g/mol. The summed E-state index contributed by atoms with van der Waals surface area (Å²) >= 11 is -1.75. The Balaban J connectivity index is 0.000000415. The van der Waals surface area contributed by atoms with Crippen LogP contribution in [0.25, 0.3) is 0 Å². The molecule has 0 amide bonds. The van der Waals surface area contributed by atoms with Crippen LogP contribution < -0.4 is 9.80 Å². The molecule has 1 aromatic rings. The summed E-state index contributed by atoms with van der Waals surface area (Å²) in [5, 5.41) is 0. The SMILES string of the molecule is [Cl][Ru]([Cl])[Cl].c1ccc2c(c1)N(C1CCCCC1)CN2C1CCCCC1. The maximum Gasteiger partial charge on any atom is 0.0909 e. The molecule has 0 radical (unpaired) electrons. The van der Waals surface area contributed by atoms with Crippen molar-refractivity contribution in [2.75, 3.05) is 16.5 Å². The summed E-state index contributed by atoms with van der Waals surface area (Å²) in [6.07, 6.45) is 14.2. The molecule has 0 N–H and O–H groups in total. The number of hydrogen-bond acceptors (Lipinski definition) is 2. The van der Waals surface area contributed by atoms with Gasteiger partial charge in [-0.05, 0) is 37.8 Å². The van der Waals surface area contributed by atoms with Crippen LogP contribution in [0.1, 0.15) is 64.2 Å². The van der Waals surface area contributed by atoms with Gasteiger partial charge in [0.15, 0.2) is 0 Å². The third-order valence-corrected chi connectivity index (χ3v) is 5.84. The molecule has 1 aromatic carbocycles. The first kappa shape index (κ1) is 20.1. The predicted octanol–water partition coefficient (Wildman–Crippen LogP) is 7.00. The topological polar surface area (TPSA) is 6.48 Å². The summed E-state index contributed by atoms with van der Waals surface area (Å²) < 4.78 is 0. The van der Waals surface area contributed by atoms with Crippen molar-refractivity contribution < 1.29 is 13.0 Å². The van der Waals surface area contributed by atoms with Crippen LogP contribution in [-0.2, 0) is 13.0 Å². The van der Waals surface area contributed by atoms with E-state index < -0.39 is 13.0 Å². The first-order valence-electron chi connectivity index (χ1n) is 9.46. The van der Waals surface area contributed by atoms with Crippen molar-refractivity contribution in [3.8, 4) is 0 Å². The normalized spacial score (nSPS) is 22.3. The number of fused-ring (bicyclic) bond motifs is 1. The molecule has 143 valence electrons. The summed E-state index contributed by atoms with van der Waals surface area (Å²) in [4.78, 5) is 5.45. The summed E-state index contributed by atoms with van der Waals surface area (Å²) in [7, 11) is 14.8. The van der Waals surface area contributed by atoms with Gasteiger partial charge in [-0.25, -0.2) is 0 Å². The van der Waals surface area contributed by atoms with Gasteiger partial charge in [-0.3, -0.25) is 0 Å². The second-order valence-electron chi connectivity index (χ2n) is 7.30. The number of anilines is 2. The van der Waals surface area contributed by atoms with Crippen LogP contribution in [0.4, 0.5) is 11.4 Å². The Labute approximate surface area is 169 Å². The van der Waals surface area contributed by atoms with Gasteiger partial charge in [0, 0.05) is 12.1 Å². The molecule has 6 heteroatoms. The minimum atomic E-state index is -1.75. The van der Waals surface area contributed by atoms with Crippen molar-refractivity contribution in [2.24, 2.45) is 0 Å². The standard InChI is InChI=1S/C19H28N2.3ClH.Ru/c1-3-9-16(10-4-1)20-15-21(17-11-5-2-6-12-17)19-14-8-7-13-18(19)20;;;;/h7-8,13-14,16-17H,1-6,9-12,15H2;3*1H;/q;;;;+3/p-3. The van der Waals surface area contributed by atoms with E-state index >= 15 is 0 Å². The Kier molecular flexibility index (Phi) is 8.04. The van der Waals surface area contributed by atoms with Crippen molar-refractivity contribution in [3.63, 3.8) is 0 Å². The monoisotopic (exact) mass is 491 g/mol. The van der Waals surface area contributed by atoms with Gasteiger partial charge in [0.05, 0.1) is 18.0 Å². The largest absolute Gasteiger partial charge is 0.349 e. The molecule has 4 rings (SSSR count). The van der Waals surface area contributed by atoms with E-state index in [1.54, 1.807) is 0 Å². The fourth-order valence-electron chi connectivity index (χ4n) is 4.68. The van der Waals surface area contributed by atoms with Crippen molar-refractivity contribution in [1.29, 1.82) is 0 Å². The smallest absolute Gasteiger partial charge is 0.0909 e. The van der Waals surface area contributed by atoms with Crippen molar-refractivity contribution in [1.82, 2.24) is 0 Å². The zero-order chi connectivity index (χ0) is 17.6. The third kappa shape index (κ3) is 5.41. The van der Waals surface area contributed by atoms with E-state index in [0.717, 1.165) is 18.8 Å². The summed E-state index contributed by atoms with van der Waals surface area (Å²) in [6.45, 7) is 1.15. The quantitative estimate of drug-likeness (QED) is 0.411. The molecule has 0 aromatic heterocycles. The molecule has 1 heterocycles. The van der Waals surface area contributed by atoms with E-state index in [1.807, 2.05) is 0 Å². The Morgan fingerprint density at radius 2 is 1.04 bits per heavy atom. The maximum atomic E-state index is 4.95. The molecule has 0 spiro atoms. The molecular formula is C19H28Cl3N2Ru. The minimum absolute atomic E-state index is 0.786. The van der Waals surface area contributed by atoms with E-state index in [9.17, 15) is 0 Å². The molecule has 25 heavy (non-hydrogen) atoms. The average Bonchev–Trinajstić information content (AvgIpc) is 3.02. The summed E-state index contributed by atoms with van der Waals surface area (Å²) in [6, 6.07) is 10.7. The van der Waals surface area contributed by atoms with Crippen LogP contribution in [0.3, 0.4) is 0 Å². The Morgan fingerprint density at radius 1 is 0.680 bits per heavy atom. The fourth-order valence-corrected chi connectivity index (χ4v) is 4.68. The van der Waals surface area contributed by atoms with Crippen LogP contribution in [0.15, 0.2) is 24.3 Å². The first-order chi connectivity index (χ1) is 12.2. The van der Waals surface area contributed by atoms with Crippen LogP contribution in [0.5, 0.6) is 0 Å². The van der Waals surface area contributed by atoms with Gasteiger partial charge in [0.2, 0.25) is 0 Å². The molecule has 0 bridgehead atoms. The van der Waals surface area contributed by atoms with Crippen molar-refractivity contribution >= 4 is 40.4 Å². The molecule has 2 fully saturated rings. The molecule has 1 aliphatic heterocycles. The predicted molar refractivity (Wildman–Crippen MR) is 108 cm³/mol. The van der Waals surface area contributed by atoms with E-state index in [0.29, 0.717) is 0 Å². The summed E-state index contributed by atoms with van der Waals surface area (Å²) in [5.41, 5.74) is 3.02. The average molecular weight is 492 g/mol. The number of hydrogen-bond donors (Lipinski definition) is 0. The van der Waals surface area contributed by atoms with Crippen LogP contribution >= 0.6 is 29.1 Å². The maximum absolute atomic E-state index is 4.95. The van der Waals surface area contributed by atoms with Gasteiger partial charge in [0.25, 0.3) is 0 Å². The summed E-state index contributed by atoms with van der Waals surface area (Å²) in [5.74, 6) is 0. The number of benzene rings is 1. The Morgan fingerprint density at radius 3 is 1.40 bits per heavy atom. The van der Waals surface area contributed by atoms with Gasteiger partial charge in [-0.2, -0.15) is 0 Å². The molecule has 0 unspecified atom stereocenters.